The highest BCUT2D eigenvalue weighted by molar-refractivity contribution is 6.12. The maximum atomic E-state index is 14.2. The molecule has 25 heavy (non-hydrogen) atoms. The maximum absolute atomic E-state index is 14.2. The first kappa shape index (κ1) is 15.6. The minimum Gasteiger partial charge on any atom is -0.262 e. The van der Waals surface area contributed by atoms with Crippen LogP contribution < -0.4 is 0 Å². The molecule has 2 aromatic carbocycles. The molecular formula is C15H2F8N2. The zero-order valence-corrected chi connectivity index (χ0v) is 11.6. The predicted octanol–water partition coefficient (Wildman–Crippen LogP) is 4.75. The van der Waals surface area contributed by atoms with E-state index in [1.54, 1.807) is 0 Å². The predicted molar refractivity (Wildman–Crippen MR) is 69.9 cm³/mol. The molecule has 0 saturated heterocycles. The zero-order valence-electron chi connectivity index (χ0n) is 11.6. The van der Waals surface area contributed by atoms with Crippen molar-refractivity contribution in [2.24, 2.45) is 0 Å². The molecule has 0 amide bonds. The monoisotopic (exact) mass is 362 g/mol. The van der Waals surface area contributed by atoms with Gasteiger partial charge < -0.3 is 0 Å². The Kier molecular flexibility index (Phi) is 3.00. The van der Waals surface area contributed by atoms with E-state index in [1.807, 2.05) is 0 Å². The van der Waals surface area contributed by atoms with Gasteiger partial charge in [-0.15, -0.1) is 0 Å². The number of pyridine rings is 1. The van der Waals surface area contributed by atoms with Crippen molar-refractivity contribution < 1.29 is 35.1 Å². The molecule has 2 nitrogen and oxygen atoms in total. The number of nitrogens with zero attached hydrogens (tertiary/aromatic N) is 2. The summed E-state index contributed by atoms with van der Waals surface area (Å²) in [5, 5.41) is -2.84. The number of halogens is 8. The van der Waals surface area contributed by atoms with Crippen LogP contribution >= 0.6 is 0 Å². The van der Waals surface area contributed by atoms with Crippen molar-refractivity contribution >= 4 is 27.3 Å². The van der Waals surface area contributed by atoms with Crippen LogP contribution in [-0.4, -0.2) is 9.38 Å². The fraction of sp³-hybridized carbons (Fsp3) is 0. The van der Waals surface area contributed by atoms with Gasteiger partial charge in [0.05, 0.1) is 10.9 Å². The van der Waals surface area contributed by atoms with Gasteiger partial charge in [-0.1, -0.05) is 0 Å². The van der Waals surface area contributed by atoms with E-state index in [0.717, 1.165) is 6.07 Å². The quantitative estimate of drug-likeness (QED) is 0.191. The fourth-order valence-corrected chi connectivity index (χ4v) is 2.80. The number of rotatable bonds is 0. The van der Waals surface area contributed by atoms with Gasteiger partial charge >= 0.3 is 0 Å². The summed E-state index contributed by atoms with van der Waals surface area (Å²) >= 11 is 0. The molecule has 0 radical (unpaired) electrons. The van der Waals surface area contributed by atoms with Gasteiger partial charge in [-0.2, -0.15) is 13.8 Å². The summed E-state index contributed by atoms with van der Waals surface area (Å²) in [4.78, 5) is 3.11. The van der Waals surface area contributed by atoms with E-state index >= 15 is 0 Å². The Hall–Kier alpha value is -2.91. The van der Waals surface area contributed by atoms with Gasteiger partial charge in [-0.3, -0.25) is 4.40 Å². The number of hydrogen-bond donors (Lipinski definition) is 0. The highest BCUT2D eigenvalue weighted by atomic mass is 19.2. The molecule has 0 unspecified atom stereocenters. The molecule has 10 heteroatoms. The van der Waals surface area contributed by atoms with Crippen molar-refractivity contribution in [3.8, 4) is 0 Å². The highest BCUT2D eigenvalue weighted by Gasteiger charge is 2.29. The molecule has 0 atom stereocenters. The first-order valence-electron chi connectivity index (χ1n) is 6.54. The van der Waals surface area contributed by atoms with E-state index in [9.17, 15) is 35.1 Å². The van der Waals surface area contributed by atoms with Gasteiger partial charge in [-0.25, -0.2) is 26.3 Å². The van der Waals surface area contributed by atoms with Crippen molar-refractivity contribution in [2.45, 2.75) is 0 Å². The van der Waals surface area contributed by atoms with Gasteiger partial charge in [0.25, 0.3) is 11.9 Å². The summed E-state index contributed by atoms with van der Waals surface area (Å²) in [6, 6.07) is 1.36. The lowest BCUT2D eigenvalue weighted by atomic mass is 10.0. The number of benzene rings is 2. The molecule has 0 aliphatic carbocycles. The SMILES string of the molecule is Fc1ccc2c(c1F)c1c(F)c(F)c(F)c(F)c1n1c(F)c(F)nc21. The number of fused-ring (bicyclic) bond motifs is 6. The molecule has 0 N–H and O–H groups in total. The second-order valence-electron chi connectivity index (χ2n) is 5.12. The van der Waals surface area contributed by atoms with Crippen LogP contribution in [0.3, 0.4) is 0 Å². The van der Waals surface area contributed by atoms with E-state index in [0.29, 0.717) is 6.07 Å². The Labute approximate surface area is 131 Å². The van der Waals surface area contributed by atoms with Gasteiger partial charge in [0, 0.05) is 10.8 Å². The van der Waals surface area contributed by atoms with Crippen LogP contribution in [0.2, 0.25) is 0 Å². The maximum Gasteiger partial charge on any atom is 0.269 e. The summed E-state index contributed by atoms with van der Waals surface area (Å²) in [6.07, 6.45) is 0. The molecule has 0 spiro atoms. The van der Waals surface area contributed by atoms with Crippen molar-refractivity contribution in [2.75, 3.05) is 0 Å². The second-order valence-corrected chi connectivity index (χ2v) is 5.12. The van der Waals surface area contributed by atoms with E-state index in [2.05, 4.69) is 4.98 Å². The molecule has 0 bridgehead atoms. The van der Waals surface area contributed by atoms with Crippen LogP contribution in [0.15, 0.2) is 12.1 Å². The average Bonchev–Trinajstić information content (AvgIpc) is 2.88. The van der Waals surface area contributed by atoms with Gasteiger partial charge in [0.15, 0.2) is 40.6 Å². The molecule has 4 rings (SSSR count). The topological polar surface area (TPSA) is 17.3 Å². The van der Waals surface area contributed by atoms with Crippen LogP contribution in [0, 0.1) is 46.8 Å². The Bertz CT molecular complexity index is 1230. The van der Waals surface area contributed by atoms with E-state index < -0.39 is 74.1 Å². The fourth-order valence-electron chi connectivity index (χ4n) is 2.80. The molecular weight excluding hydrogens is 360 g/mol. The van der Waals surface area contributed by atoms with Crippen molar-refractivity contribution in [3.63, 3.8) is 0 Å². The van der Waals surface area contributed by atoms with Crippen LogP contribution in [0.5, 0.6) is 0 Å². The van der Waals surface area contributed by atoms with Crippen molar-refractivity contribution in [1.29, 1.82) is 0 Å². The van der Waals surface area contributed by atoms with Crippen LogP contribution in [0.4, 0.5) is 35.1 Å². The van der Waals surface area contributed by atoms with Gasteiger partial charge in [-0.05, 0) is 12.1 Å². The summed E-state index contributed by atoms with van der Waals surface area (Å²) in [5.74, 6) is -15.7. The Morgan fingerprint density at radius 2 is 1.32 bits per heavy atom. The third kappa shape index (κ3) is 1.76. The molecule has 2 aromatic heterocycles. The van der Waals surface area contributed by atoms with E-state index in [4.69, 9.17) is 0 Å². The lowest BCUT2D eigenvalue weighted by molar-refractivity contribution is 0.415. The lowest BCUT2D eigenvalue weighted by Crippen LogP contribution is -2.06. The largest absolute Gasteiger partial charge is 0.269 e. The molecule has 0 aliphatic rings. The molecule has 4 aromatic rings. The van der Waals surface area contributed by atoms with Crippen LogP contribution in [-0.2, 0) is 0 Å². The van der Waals surface area contributed by atoms with E-state index in [-0.39, 0.29) is 4.40 Å². The van der Waals surface area contributed by atoms with Crippen molar-refractivity contribution in [3.05, 3.63) is 58.9 Å². The number of aromatic nitrogens is 2. The third-order valence-electron chi connectivity index (χ3n) is 3.83. The molecule has 0 saturated carbocycles. The van der Waals surface area contributed by atoms with Gasteiger partial charge in [0.2, 0.25) is 0 Å². The normalized spacial score (nSPS) is 12.0. The molecule has 2 heterocycles. The molecule has 128 valence electrons. The first-order chi connectivity index (χ1) is 11.8. The minimum absolute atomic E-state index is 0.0330. The summed E-state index contributed by atoms with van der Waals surface area (Å²) in [6.45, 7) is 0. The summed E-state index contributed by atoms with van der Waals surface area (Å²) in [5.41, 5.74) is -2.11. The second kappa shape index (κ2) is 4.80. The Morgan fingerprint density at radius 1 is 0.680 bits per heavy atom. The van der Waals surface area contributed by atoms with Gasteiger partial charge in [0.1, 0.15) is 0 Å². The molecule has 0 fully saturated rings. The minimum atomic E-state index is -2.32. The standard InChI is InChI=1S/C15H2F8N2/c16-4-2-1-3-5(7(4)17)6-8(18)9(19)10(20)11(21)12(6)25-14(23)13(22)24-15(3)25/h1-2H. The highest BCUT2D eigenvalue weighted by Crippen LogP contribution is 2.37. The van der Waals surface area contributed by atoms with E-state index in [1.165, 1.54) is 0 Å². The summed E-state index contributed by atoms with van der Waals surface area (Å²) < 4.78 is 111. The third-order valence-corrected chi connectivity index (χ3v) is 3.83. The molecule has 0 aliphatic heterocycles. The number of imidazole rings is 1. The zero-order chi connectivity index (χ0) is 18.2. The Morgan fingerprint density at radius 3 is 2.00 bits per heavy atom. The smallest absolute Gasteiger partial charge is 0.262 e. The van der Waals surface area contributed by atoms with Crippen molar-refractivity contribution in [1.82, 2.24) is 9.38 Å². The summed E-state index contributed by atoms with van der Waals surface area (Å²) in [7, 11) is 0. The lowest BCUT2D eigenvalue weighted by Gasteiger charge is -2.12. The number of hydrogen-bond acceptors (Lipinski definition) is 1. The Balaban J connectivity index is 2.55. The average molecular weight is 362 g/mol. The van der Waals surface area contributed by atoms with Crippen LogP contribution in [0.25, 0.3) is 27.3 Å². The van der Waals surface area contributed by atoms with Crippen LogP contribution in [0.1, 0.15) is 0 Å². The first-order valence-corrected chi connectivity index (χ1v) is 6.54.